The van der Waals surface area contributed by atoms with Crippen molar-refractivity contribution in [3.05, 3.63) is 12.2 Å². The van der Waals surface area contributed by atoms with Crippen LogP contribution < -0.4 is 0 Å². The van der Waals surface area contributed by atoms with Gasteiger partial charge in [-0.05, 0) is 12.5 Å². The highest BCUT2D eigenvalue weighted by atomic mass is 16.6. The molecule has 2 rings (SSSR count). The third-order valence-corrected chi connectivity index (χ3v) is 2.06. The van der Waals surface area contributed by atoms with Crippen LogP contribution in [0.2, 0.25) is 0 Å². The van der Waals surface area contributed by atoms with Crippen molar-refractivity contribution in [3.8, 4) is 0 Å². The summed E-state index contributed by atoms with van der Waals surface area (Å²) in [6.07, 6.45) is 3.49. The molecule has 1 aliphatic heterocycles. The molecule has 3 nitrogen and oxygen atoms in total. The number of esters is 1. The molecule has 0 aromatic carbocycles. The topological polar surface area (TPSA) is 46.5 Å². The molecule has 0 aromatic heterocycles. The van der Waals surface area contributed by atoms with E-state index in [2.05, 4.69) is 0 Å². The molecule has 3 unspecified atom stereocenters. The van der Waals surface area contributed by atoms with Gasteiger partial charge in [-0.1, -0.05) is 6.08 Å². The molecule has 0 amide bonds. The Morgan fingerprint density at radius 1 is 1.70 bits per heavy atom. The van der Waals surface area contributed by atoms with Crippen molar-refractivity contribution in [2.24, 2.45) is 5.92 Å². The summed E-state index contributed by atoms with van der Waals surface area (Å²) in [6.45, 7) is 0. The van der Waals surface area contributed by atoms with Crippen LogP contribution >= 0.6 is 0 Å². The zero-order valence-corrected chi connectivity index (χ0v) is 5.36. The number of fused-ring (bicyclic) bond motifs is 1. The predicted octanol–water partition coefficient (Wildman–Crippen LogP) is -0.151. The van der Waals surface area contributed by atoms with Gasteiger partial charge < -0.3 is 9.84 Å². The second-order valence-corrected chi connectivity index (χ2v) is 2.67. The van der Waals surface area contributed by atoms with Gasteiger partial charge in [0, 0.05) is 5.92 Å². The van der Waals surface area contributed by atoms with E-state index in [4.69, 9.17) is 9.84 Å². The van der Waals surface area contributed by atoms with E-state index < -0.39 is 12.1 Å². The maximum absolute atomic E-state index is 10.7. The first-order valence-electron chi connectivity index (χ1n) is 3.34. The normalized spacial score (nSPS) is 43.7. The fraction of sp³-hybridized carbons (Fsp3) is 0.571. The van der Waals surface area contributed by atoms with Crippen LogP contribution in [0.25, 0.3) is 0 Å². The Morgan fingerprint density at radius 3 is 3.20 bits per heavy atom. The number of carbonyl (C=O) groups excluding carboxylic acids is 1. The number of hydrogen-bond donors (Lipinski definition) is 1. The summed E-state index contributed by atoms with van der Waals surface area (Å²) < 4.78 is 4.82. The molecule has 1 N–H and O–H groups in total. The summed E-state index contributed by atoms with van der Waals surface area (Å²) >= 11 is 0. The summed E-state index contributed by atoms with van der Waals surface area (Å²) in [5.41, 5.74) is 0. The van der Waals surface area contributed by atoms with Gasteiger partial charge in [0.1, 0.15) is 6.10 Å². The summed E-state index contributed by atoms with van der Waals surface area (Å²) in [6, 6.07) is 0. The maximum atomic E-state index is 10.7. The molecular weight excluding hydrogens is 132 g/mol. The van der Waals surface area contributed by atoms with Crippen LogP contribution in [0, 0.1) is 5.92 Å². The summed E-state index contributed by atoms with van der Waals surface area (Å²) in [5, 5.41) is 9.15. The van der Waals surface area contributed by atoms with E-state index in [1.807, 2.05) is 12.2 Å². The van der Waals surface area contributed by atoms with E-state index in [0.717, 1.165) is 6.42 Å². The maximum Gasteiger partial charge on any atom is 0.336 e. The quantitative estimate of drug-likeness (QED) is 0.376. The first-order valence-corrected chi connectivity index (χ1v) is 3.34. The molecule has 0 bridgehead atoms. The molecule has 1 aliphatic carbocycles. The van der Waals surface area contributed by atoms with Crippen LogP contribution in [0.1, 0.15) is 6.42 Å². The molecule has 0 spiro atoms. The van der Waals surface area contributed by atoms with Crippen LogP contribution in [-0.2, 0) is 9.53 Å². The highest BCUT2D eigenvalue weighted by molar-refractivity contribution is 5.77. The lowest BCUT2D eigenvalue weighted by molar-refractivity contribution is -0.146. The van der Waals surface area contributed by atoms with Crippen molar-refractivity contribution in [2.75, 3.05) is 0 Å². The van der Waals surface area contributed by atoms with Gasteiger partial charge in [-0.25, -0.2) is 4.79 Å². The summed E-state index contributed by atoms with van der Waals surface area (Å²) in [5.74, 6) is -0.480. The molecule has 0 aromatic rings. The number of carbonyl (C=O) groups is 1. The van der Waals surface area contributed by atoms with Crippen LogP contribution in [0.5, 0.6) is 0 Å². The fourth-order valence-electron chi connectivity index (χ4n) is 1.46. The minimum Gasteiger partial charge on any atom is -0.456 e. The Hall–Kier alpha value is -0.830. The second kappa shape index (κ2) is 1.83. The van der Waals surface area contributed by atoms with E-state index >= 15 is 0 Å². The molecular formula is C7H8O3. The molecule has 1 saturated heterocycles. The van der Waals surface area contributed by atoms with Gasteiger partial charge >= 0.3 is 5.97 Å². The van der Waals surface area contributed by atoms with Crippen LogP contribution in [0.15, 0.2) is 12.2 Å². The molecule has 1 heterocycles. The predicted molar refractivity (Wildman–Crippen MR) is 33.1 cm³/mol. The number of rotatable bonds is 0. The molecule has 0 radical (unpaired) electrons. The Kier molecular flexibility index (Phi) is 1.08. The Bertz CT molecular complexity index is 197. The standard InChI is InChI=1S/C7H8O3/c8-6-4-2-1-3-5(4)10-7(6)9/h1,3-6,8H,2H2. The molecule has 3 atom stereocenters. The first kappa shape index (κ1) is 5.92. The average molecular weight is 140 g/mol. The van der Waals surface area contributed by atoms with Crippen molar-refractivity contribution in [1.29, 1.82) is 0 Å². The monoisotopic (exact) mass is 140 g/mol. The highest BCUT2D eigenvalue weighted by Gasteiger charge is 2.43. The van der Waals surface area contributed by atoms with Gasteiger partial charge in [-0.15, -0.1) is 0 Å². The lowest BCUT2D eigenvalue weighted by Gasteiger charge is -2.05. The van der Waals surface area contributed by atoms with Gasteiger partial charge in [0.2, 0.25) is 0 Å². The number of allylic oxidation sites excluding steroid dienone is 1. The first-order chi connectivity index (χ1) is 4.79. The number of ether oxygens (including phenoxy) is 1. The molecule has 0 saturated carbocycles. The summed E-state index contributed by atoms with van der Waals surface area (Å²) in [4.78, 5) is 10.7. The van der Waals surface area contributed by atoms with Crippen molar-refractivity contribution >= 4 is 5.97 Å². The zero-order chi connectivity index (χ0) is 7.14. The minimum atomic E-state index is -0.889. The highest BCUT2D eigenvalue weighted by Crippen LogP contribution is 2.31. The largest absolute Gasteiger partial charge is 0.456 e. The van der Waals surface area contributed by atoms with Gasteiger partial charge in [0.25, 0.3) is 0 Å². The van der Waals surface area contributed by atoms with Crippen LogP contribution in [0.4, 0.5) is 0 Å². The van der Waals surface area contributed by atoms with Crippen molar-refractivity contribution in [1.82, 2.24) is 0 Å². The van der Waals surface area contributed by atoms with Crippen molar-refractivity contribution in [3.63, 3.8) is 0 Å². The smallest absolute Gasteiger partial charge is 0.336 e. The van der Waals surface area contributed by atoms with Crippen molar-refractivity contribution in [2.45, 2.75) is 18.6 Å². The molecule has 2 aliphatic rings. The Morgan fingerprint density at radius 2 is 2.50 bits per heavy atom. The Balaban J connectivity index is 2.22. The lowest BCUT2D eigenvalue weighted by Crippen LogP contribution is -2.21. The number of aliphatic hydroxyl groups excluding tert-OH is 1. The zero-order valence-electron chi connectivity index (χ0n) is 5.36. The van der Waals surface area contributed by atoms with Crippen LogP contribution in [-0.4, -0.2) is 23.3 Å². The third-order valence-electron chi connectivity index (χ3n) is 2.06. The SMILES string of the molecule is O=C1OC2C=CCC2C1O. The van der Waals surface area contributed by atoms with E-state index in [9.17, 15) is 4.79 Å². The number of hydrogen-bond acceptors (Lipinski definition) is 3. The Labute approximate surface area is 58.3 Å². The van der Waals surface area contributed by atoms with E-state index in [1.54, 1.807) is 0 Å². The van der Waals surface area contributed by atoms with Crippen molar-refractivity contribution < 1.29 is 14.6 Å². The van der Waals surface area contributed by atoms with Gasteiger partial charge in [-0.3, -0.25) is 0 Å². The number of aliphatic hydroxyl groups is 1. The fourth-order valence-corrected chi connectivity index (χ4v) is 1.46. The van der Waals surface area contributed by atoms with E-state index in [0.29, 0.717) is 0 Å². The van der Waals surface area contributed by atoms with Gasteiger partial charge in [0.05, 0.1) is 0 Å². The third kappa shape index (κ3) is 0.609. The molecule has 10 heavy (non-hydrogen) atoms. The molecule has 54 valence electrons. The molecule has 3 heteroatoms. The van der Waals surface area contributed by atoms with Crippen LogP contribution in [0.3, 0.4) is 0 Å². The van der Waals surface area contributed by atoms with E-state index in [-0.39, 0.29) is 12.0 Å². The van der Waals surface area contributed by atoms with Gasteiger partial charge in [-0.2, -0.15) is 0 Å². The second-order valence-electron chi connectivity index (χ2n) is 2.67. The lowest BCUT2D eigenvalue weighted by atomic mass is 10.0. The molecule has 1 fully saturated rings. The minimum absolute atomic E-state index is 0.00694. The van der Waals surface area contributed by atoms with Gasteiger partial charge in [0.15, 0.2) is 6.10 Å². The van der Waals surface area contributed by atoms with E-state index in [1.165, 1.54) is 0 Å². The summed E-state index contributed by atoms with van der Waals surface area (Å²) in [7, 11) is 0. The average Bonchev–Trinajstić information content (AvgIpc) is 2.41.